The van der Waals surface area contributed by atoms with Gasteiger partial charge in [0.2, 0.25) is 0 Å². The van der Waals surface area contributed by atoms with Crippen molar-refractivity contribution in [2.45, 2.75) is 59.8 Å². The van der Waals surface area contributed by atoms with E-state index in [0.29, 0.717) is 0 Å². The van der Waals surface area contributed by atoms with Crippen LogP contribution in [0.25, 0.3) is 0 Å². The molecule has 0 spiro atoms. The summed E-state index contributed by atoms with van der Waals surface area (Å²) >= 11 is 0. The summed E-state index contributed by atoms with van der Waals surface area (Å²) in [7, 11) is 0. The third-order valence-corrected chi connectivity index (χ3v) is 1.95. The van der Waals surface area contributed by atoms with Crippen LogP contribution >= 0.6 is 0 Å². The number of hydrogen-bond acceptors (Lipinski definition) is 1. The average Bonchev–Trinajstić information content (AvgIpc) is 2.25. The molecule has 0 bridgehead atoms. The predicted molar refractivity (Wildman–Crippen MR) is 56.9 cm³/mol. The maximum Gasteiger partial charge on any atom is 0.306 e. The molecule has 0 aromatic heterocycles. The lowest BCUT2D eigenvalue weighted by Gasteiger charge is -2.16. The summed E-state index contributed by atoms with van der Waals surface area (Å²) in [5.41, 5.74) is 0. The third-order valence-electron chi connectivity index (χ3n) is 1.95. The number of aliphatic carboxylic acids is 1. The van der Waals surface area contributed by atoms with Gasteiger partial charge in [-0.05, 0) is 12.8 Å². The fourth-order valence-electron chi connectivity index (χ4n) is 1.35. The second kappa shape index (κ2) is 11.5. The van der Waals surface area contributed by atoms with E-state index in [1.807, 2.05) is 27.7 Å². The van der Waals surface area contributed by atoms with Gasteiger partial charge in [-0.2, -0.15) is 0 Å². The Morgan fingerprint density at radius 3 is 1.62 bits per heavy atom. The van der Waals surface area contributed by atoms with Crippen molar-refractivity contribution in [2.24, 2.45) is 5.92 Å². The van der Waals surface area contributed by atoms with Gasteiger partial charge in [-0.3, -0.25) is 4.79 Å². The highest BCUT2D eigenvalue weighted by Crippen LogP contribution is 2.23. The van der Waals surface area contributed by atoms with E-state index in [9.17, 15) is 4.79 Å². The van der Waals surface area contributed by atoms with Crippen molar-refractivity contribution in [1.29, 1.82) is 0 Å². The van der Waals surface area contributed by atoms with Crippen molar-refractivity contribution >= 4 is 5.97 Å². The Kier molecular flexibility index (Phi) is 13.2. The molecule has 0 radical (unpaired) electrons. The van der Waals surface area contributed by atoms with Crippen LogP contribution in [0, 0.1) is 5.92 Å². The molecule has 2 nitrogen and oxygen atoms in total. The monoisotopic (exact) mass is 188 g/mol. The first-order chi connectivity index (χ1) is 6.30. The Hall–Kier alpha value is -0.530. The molecule has 0 amide bonds. The first-order valence-electron chi connectivity index (χ1n) is 5.53. The Balaban J connectivity index is 0. The SMILES string of the molecule is CC.CC.O=C(O)C1CCCCC1. The summed E-state index contributed by atoms with van der Waals surface area (Å²) in [6.07, 6.45) is 5.24. The third kappa shape index (κ3) is 7.82. The van der Waals surface area contributed by atoms with Crippen molar-refractivity contribution in [1.82, 2.24) is 0 Å². The second-order valence-corrected chi connectivity index (χ2v) is 2.67. The van der Waals surface area contributed by atoms with Crippen LogP contribution in [0.2, 0.25) is 0 Å². The number of carbonyl (C=O) groups is 1. The zero-order chi connectivity index (χ0) is 10.7. The highest BCUT2D eigenvalue weighted by molar-refractivity contribution is 5.69. The minimum atomic E-state index is -0.602. The molecule has 1 aliphatic rings. The molecule has 0 unspecified atom stereocenters. The molecule has 13 heavy (non-hydrogen) atoms. The molecule has 0 heterocycles. The van der Waals surface area contributed by atoms with Gasteiger partial charge in [-0.25, -0.2) is 0 Å². The molecule has 0 aliphatic heterocycles. The van der Waals surface area contributed by atoms with E-state index in [4.69, 9.17) is 5.11 Å². The van der Waals surface area contributed by atoms with Crippen LogP contribution in [-0.2, 0) is 4.79 Å². The number of carboxylic acid groups (broad SMARTS) is 1. The molecule has 1 N–H and O–H groups in total. The van der Waals surface area contributed by atoms with Gasteiger partial charge in [0.1, 0.15) is 0 Å². The summed E-state index contributed by atoms with van der Waals surface area (Å²) in [6, 6.07) is 0. The van der Waals surface area contributed by atoms with Gasteiger partial charge in [0.05, 0.1) is 5.92 Å². The van der Waals surface area contributed by atoms with Gasteiger partial charge in [-0.1, -0.05) is 47.0 Å². The first-order valence-corrected chi connectivity index (χ1v) is 5.53. The van der Waals surface area contributed by atoms with Crippen LogP contribution < -0.4 is 0 Å². The largest absolute Gasteiger partial charge is 0.481 e. The first kappa shape index (κ1) is 15.0. The van der Waals surface area contributed by atoms with Crippen molar-refractivity contribution in [3.8, 4) is 0 Å². The highest BCUT2D eigenvalue weighted by atomic mass is 16.4. The van der Waals surface area contributed by atoms with Crippen molar-refractivity contribution < 1.29 is 9.90 Å². The van der Waals surface area contributed by atoms with Gasteiger partial charge in [0.15, 0.2) is 0 Å². The Morgan fingerprint density at radius 1 is 1.00 bits per heavy atom. The van der Waals surface area contributed by atoms with E-state index in [1.165, 1.54) is 6.42 Å². The maximum absolute atomic E-state index is 10.4. The molecule has 0 saturated heterocycles. The van der Waals surface area contributed by atoms with E-state index in [2.05, 4.69) is 0 Å². The molecule has 0 aromatic carbocycles. The molecular weight excluding hydrogens is 164 g/mol. The Labute approximate surface area is 82.4 Å². The smallest absolute Gasteiger partial charge is 0.306 e. The van der Waals surface area contributed by atoms with E-state index in [0.717, 1.165) is 25.7 Å². The second-order valence-electron chi connectivity index (χ2n) is 2.67. The molecule has 1 rings (SSSR count). The van der Waals surface area contributed by atoms with Gasteiger partial charge in [-0.15, -0.1) is 0 Å². The van der Waals surface area contributed by atoms with E-state index in [-0.39, 0.29) is 5.92 Å². The Morgan fingerprint density at radius 2 is 1.38 bits per heavy atom. The minimum Gasteiger partial charge on any atom is -0.481 e. The van der Waals surface area contributed by atoms with Crippen LogP contribution in [0.5, 0.6) is 0 Å². The predicted octanol–water partition coefficient (Wildman–Crippen LogP) is 3.70. The van der Waals surface area contributed by atoms with Crippen molar-refractivity contribution in [3.05, 3.63) is 0 Å². The van der Waals surface area contributed by atoms with Crippen molar-refractivity contribution in [2.75, 3.05) is 0 Å². The molecule has 2 heteroatoms. The lowest BCUT2D eigenvalue weighted by molar-refractivity contribution is -0.142. The summed E-state index contributed by atoms with van der Waals surface area (Å²) in [5.74, 6) is -0.631. The minimum absolute atomic E-state index is 0.0289. The van der Waals surface area contributed by atoms with Crippen LogP contribution in [0.4, 0.5) is 0 Å². The Bertz CT molecular complexity index is 105. The van der Waals surface area contributed by atoms with E-state index < -0.39 is 5.97 Å². The molecule has 1 saturated carbocycles. The maximum atomic E-state index is 10.4. The topological polar surface area (TPSA) is 37.3 Å². The molecule has 0 atom stereocenters. The molecule has 1 aliphatic carbocycles. The van der Waals surface area contributed by atoms with Crippen LogP contribution in [0.3, 0.4) is 0 Å². The lowest BCUT2D eigenvalue weighted by atomic mass is 9.90. The average molecular weight is 188 g/mol. The van der Waals surface area contributed by atoms with Gasteiger partial charge in [0, 0.05) is 0 Å². The van der Waals surface area contributed by atoms with Crippen LogP contribution in [0.15, 0.2) is 0 Å². The molecular formula is C11H24O2. The fourth-order valence-corrected chi connectivity index (χ4v) is 1.35. The number of rotatable bonds is 1. The van der Waals surface area contributed by atoms with Gasteiger partial charge >= 0.3 is 5.97 Å². The summed E-state index contributed by atoms with van der Waals surface area (Å²) in [4.78, 5) is 10.4. The fraction of sp³-hybridized carbons (Fsp3) is 0.909. The standard InChI is InChI=1S/C7H12O2.2C2H6/c8-7(9)6-4-2-1-3-5-6;2*1-2/h6H,1-5H2,(H,8,9);2*1-2H3. The lowest BCUT2D eigenvalue weighted by Crippen LogP contribution is -2.16. The number of hydrogen-bond donors (Lipinski definition) is 1. The molecule has 80 valence electrons. The molecule has 0 aromatic rings. The summed E-state index contributed by atoms with van der Waals surface area (Å²) in [6.45, 7) is 8.00. The number of carboxylic acids is 1. The molecule has 1 fully saturated rings. The van der Waals surface area contributed by atoms with Gasteiger partial charge < -0.3 is 5.11 Å². The zero-order valence-corrected chi connectivity index (χ0v) is 9.47. The van der Waals surface area contributed by atoms with E-state index >= 15 is 0 Å². The quantitative estimate of drug-likeness (QED) is 0.681. The van der Waals surface area contributed by atoms with E-state index in [1.54, 1.807) is 0 Å². The normalized spacial score (nSPS) is 16.0. The summed E-state index contributed by atoms with van der Waals surface area (Å²) in [5, 5.41) is 8.54. The van der Waals surface area contributed by atoms with Crippen LogP contribution in [0.1, 0.15) is 59.8 Å². The zero-order valence-electron chi connectivity index (χ0n) is 9.47. The summed E-state index contributed by atoms with van der Waals surface area (Å²) < 4.78 is 0. The van der Waals surface area contributed by atoms with Crippen molar-refractivity contribution in [3.63, 3.8) is 0 Å². The van der Waals surface area contributed by atoms with Gasteiger partial charge in [0.25, 0.3) is 0 Å². The highest BCUT2D eigenvalue weighted by Gasteiger charge is 2.19. The van der Waals surface area contributed by atoms with Crippen LogP contribution in [-0.4, -0.2) is 11.1 Å².